The summed E-state index contributed by atoms with van der Waals surface area (Å²) in [6.07, 6.45) is 8.58. The van der Waals surface area contributed by atoms with E-state index in [1.165, 1.54) is 11.8 Å². The molecular formula is C21H35BN2O4S. The lowest BCUT2D eigenvalue weighted by molar-refractivity contribution is 0.00511. The molecule has 3 rings (SSSR count). The summed E-state index contributed by atoms with van der Waals surface area (Å²) >= 11 is 0. The molecule has 2 atom stereocenters. The predicted octanol–water partition coefficient (Wildman–Crippen LogP) is 1.83. The van der Waals surface area contributed by atoms with Gasteiger partial charge in [0.05, 0.1) is 25.6 Å². The number of piperidine rings is 1. The summed E-state index contributed by atoms with van der Waals surface area (Å²) in [5, 5.41) is 3.42. The van der Waals surface area contributed by atoms with Crippen molar-refractivity contribution in [2.45, 2.75) is 69.0 Å². The Labute approximate surface area is 176 Å². The van der Waals surface area contributed by atoms with E-state index in [2.05, 4.69) is 36.1 Å². The van der Waals surface area contributed by atoms with Crippen LogP contribution in [0.2, 0.25) is 6.32 Å². The van der Waals surface area contributed by atoms with Gasteiger partial charge in [-0.1, -0.05) is 18.2 Å². The van der Waals surface area contributed by atoms with Gasteiger partial charge in [-0.2, -0.15) is 0 Å². The first-order valence-electron chi connectivity index (χ1n) is 11.0. The molecule has 0 aromatic heterocycles. The molecule has 162 valence electrons. The number of para-hydroxylation sites is 1. The average molecular weight is 422 g/mol. The lowest BCUT2D eigenvalue weighted by atomic mass is 9.82. The Morgan fingerprint density at radius 3 is 2.66 bits per heavy atom. The number of benzene rings is 1. The van der Waals surface area contributed by atoms with Crippen molar-refractivity contribution in [2.24, 2.45) is 0 Å². The average Bonchev–Trinajstić information content (AvgIpc) is 2.71. The summed E-state index contributed by atoms with van der Waals surface area (Å²) in [7, 11) is -1.08. The number of rotatable bonds is 9. The first-order valence-corrected chi connectivity index (χ1v) is 12.9. The molecule has 1 saturated carbocycles. The summed E-state index contributed by atoms with van der Waals surface area (Å²) in [6, 6.07) is 8.38. The highest BCUT2D eigenvalue weighted by molar-refractivity contribution is 7.88. The van der Waals surface area contributed by atoms with Crippen LogP contribution in [-0.2, 0) is 14.8 Å². The maximum Gasteiger partial charge on any atom is 0.209 e. The van der Waals surface area contributed by atoms with Crippen molar-refractivity contribution in [3.05, 3.63) is 29.8 Å². The van der Waals surface area contributed by atoms with Crippen LogP contribution in [0.1, 0.15) is 50.0 Å². The van der Waals surface area contributed by atoms with Crippen molar-refractivity contribution in [1.29, 1.82) is 0 Å². The van der Waals surface area contributed by atoms with Crippen LogP contribution >= 0.6 is 0 Å². The lowest BCUT2D eigenvalue weighted by Crippen LogP contribution is -2.55. The molecular weight excluding hydrogens is 387 g/mol. The van der Waals surface area contributed by atoms with E-state index < -0.39 is 10.0 Å². The third-order valence-corrected chi connectivity index (χ3v) is 6.69. The third-order valence-electron chi connectivity index (χ3n) is 5.96. The third kappa shape index (κ3) is 6.98. The Balaban J connectivity index is 1.49. The molecule has 2 fully saturated rings. The van der Waals surface area contributed by atoms with Gasteiger partial charge in [0.1, 0.15) is 13.6 Å². The highest BCUT2D eigenvalue weighted by Crippen LogP contribution is 2.38. The van der Waals surface area contributed by atoms with Crippen molar-refractivity contribution < 1.29 is 17.9 Å². The quantitative estimate of drug-likeness (QED) is 0.594. The second-order valence-electron chi connectivity index (χ2n) is 8.39. The number of sulfonamides is 1. The molecule has 29 heavy (non-hydrogen) atoms. The molecule has 0 radical (unpaired) electrons. The summed E-state index contributed by atoms with van der Waals surface area (Å²) in [4.78, 5) is 0. The van der Waals surface area contributed by atoms with E-state index in [0.29, 0.717) is 12.5 Å². The van der Waals surface area contributed by atoms with Gasteiger partial charge in [-0.25, -0.2) is 13.1 Å². The van der Waals surface area contributed by atoms with Crippen molar-refractivity contribution in [3.63, 3.8) is 0 Å². The van der Waals surface area contributed by atoms with Crippen LogP contribution in [0, 0.1) is 0 Å². The maximum atomic E-state index is 11.6. The largest absolute Gasteiger partial charge is 0.494 e. The van der Waals surface area contributed by atoms with Crippen LogP contribution in [0.15, 0.2) is 24.3 Å². The number of hydrogen-bond acceptors (Lipinski definition) is 5. The van der Waals surface area contributed by atoms with Gasteiger partial charge in [-0.3, -0.25) is 0 Å². The topological polar surface area (TPSA) is 76.7 Å². The van der Waals surface area contributed by atoms with E-state index in [1.807, 2.05) is 6.07 Å². The van der Waals surface area contributed by atoms with Crippen LogP contribution in [0.5, 0.6) is 5.75 Å². The standard InChI is InChI=1S/C21H35BN2O4S/c1-29(25,26)24-19-6-4-13-23-20(19)15-28-17-10-8-16(9-11-17)18-5-2-3-7-21(18)27-14-12-22/h2-3,5,7,16-17,19-20,23-24H,4,6,8-15,22H2,1H3/t16-,17+,19-,20-/m0/s1. The maximum absolute atomic E-state index is 11.6. The molecule has 1 aliphatic heterocycles. The Morgan fingerprint density at radius 1 is 1.17 bits per heavy atom. The monoisotopic (exact) mass is 422 g/mol. The fraction of sp³-hybridized carbons (Fsp3) is 0.714. The first kappa shape index (κ1) is 22.6. The normalized spacial score (nSPS) is 28.2. The van der Waals surface area contributed by atoms with Crippen LogP contribution in [-0.4, -0.2) is 60.5 Å². The van der Waals surface area contributed by atoms with E-state index in [-0.39, 0.29) is 18.2 Å². The van der Waals surface area contributed by atoms with Gasteiger partial charge >= 0.3 is 0 Å². The van der Waals surface area contributed by atoms with E-state index in [0.717, 1.165) is 63.7 Å². The molecule has 1 saturated heterocycles. The molecule has 2 aliphatic rings. The van der Waals surface area contributed by atoms with Crippen LogP contribution in [0.4, 0.5) is 0 Å². The Morgan fingerprint density at radius 2 is 1.93 bits per heavy atom. The molecule has 1 heterocycles. The summed E-state index contributed by atoms with van der Waals surface area (Å²) < 4.78 is 38.2. The molecule has 1 aliphatic carbocycles. The molecule has 0 amide bonds. The molecule has 8 heteroatoms. The van der Waals surface area contributed by atoms with Gasteiger partial charge in [-0.15, -0.1) is 0 Å². The number of ether oxygens (including phenoxy) is 2. The predicted molar refractivity (Wildman–Crippen MR) is 119 cm³/mol. The van der Waals surface area contributed by atoms with Crippen LogP contribution in [0.3, 0.4) is 0 Å². The van der Waals surface area contributed by atoms with Crippen molar-refractivity contribution >= 4 is 17.9 Å². The van der Waals surface area contributed by atoms with Gasteiger partial charge in [0, 0.05) is 12.1 Å². The second-order valence-corrected chi connectivity index (χ2v) is 10.2. The Hall–Kier alpha value is -1.09. The summed E-state index contributed by atoms with van der Waals surface area (Å²) in [6.45, 7) is 2.22. The minimum absolute atomic E-state index is 0.0411. The molecule has 1 aromatic rings. The Kier molecular flexibility index (Phi) is 8.41. The fourth-order valence-electron chi connectivity index (χ4n) is 4.49. The number of nitrogens with one attached hydrogen (secondary N) is 2. The molecule has 2 N–H and O–H groups in total. The minimum Gasteiger partial charge on any atom is -0.494 e. The highest BCUT2D eigenvalue weighted by atomic mass is 32.2. The minimum atomic E-state index is -3.21. The molecule has 6 nitrogen and oxygen atoms in total. The molecule has 0 spiro atoms. The van der Waals surface area contributed by atoms with Gasteiger partial charge in [0.2, 0.25) is 10.0 Å². The van der Waals surface area contributed by atoms with Gasteiger partial charge < -0.3 is 14.8 Å². The van der Waals surface area contributed by atoms with Crippen LogP contribution in [0.25, 0.3) is 0 Å². The summed E-state index contributed by atoms with van der Waals surface area (Å²) in [5.74, 6) is 1.55. The van der Waals surface area contributed by atoms with E-state index >= 15 is 0 Å². The number of hydrogen-bond donors (Lipinski definition) is 2. The highest BCUT2D eigenvalue weighted by Gasteiger charge is 2.30. The van der Waals surface area contributed by atoms with E-state index in [9.17, 15) is 8.42 Å². The van der Waals surface area contributed by atoms with Gasteiger partial charge in [0.25, 0.3) is 0 Å². The van der Waals surface area contributed by atoms with Crippen LogP contribution < -0.4 is 14.8 Å². The zero-order valence-electron chi connectivity index (χ0n) is 17.7. The lowest BCUT2D eigenvalue weighted by Gasteiger charge is -2.35. The molecule has 0 unspecified atom stereocenters. The van der Waals surface area contributed by atoms with Crippen molar-refractivity contribution in [1.82, 2.24) is 10.0 Å². The molecule has 1 aromatic carbocycles. The van der Waals surface area contributed by atoms with Crippen molar-refractivity contribution in [3.8, 4) is 5.75 Å². The zero-order chi connectivity index (χ0) is 20.7. The van der Waals surface area contributed by atoms with Crippen molar-refractivity contribution in [2.75, 3.05) is 26.0 Å². The first-order chi connectivity index (χ1) is 14.0. The summed E-state index contributed by atoms with van der Waals surface area (Å²) in [5.41, 5.74) is 1.32. The zero-order valence-corrected chi connectivity index (χ0v) is 18.5. The van der Waals surface area contributed by atoms with E-state index in [1.54, 1.807) is 0 Å². The molecule has 0 bridgehead atoms. The van der Waals surface area contributed by atoms with E-state index in [4.69, 9.17) is 9.47 Å². The smallest absolute Gasteiger partial charge is 0.209 e. The second kappa shape index (κ2) is 10.8. The SMILES string of the molecule is BCCOc1ccccc1[C@H]1CC[C@@H](OC[C@@H]2NCCC[C@@H]2NS(C)(=O)=O)CC1. The van der Waals surface area contributed by atoms with Gasteiger partial charge in [0.15, 0.2) is 0 Å². The fourth-order valence-corrected chi connectivity index (χ4v) is 5.32. The Bertz CT molecular complexity index is 738. The van der Waals surface area contributed by atoms with Gasteiger partial charge in [-0.05, 0) is 68.9 Å².